The highest BCUT2D eigenvalue weighted by Gasteiger charge is 2.28. The van der Waals surface area contributed by atoms with Crippen LogP contribution in [0.2, 0.25) is 0 Å². The van der Waals surface area contributed by atoms with Crippen LogP contribution in [0.5, 0.6) is 0 Å². The Hall–Kier alpha value is -0.770. The maximum atomic E-state index is 12.5. The molecule has 0 aromatic heterocycles. The highest BCUT2D eigenvalue weighted by molar-refractivity contribution is 5.74. The fraction of sp³-hybridized carbons (Fsp3) is 0.933. The molecule has 0 N–H and O–H groups in total. The van der Waals surface area contributed by atoms with Crippen molar-refractivity contribution in [3.8, 4) is 0 Å². The summed E-state index contributed by atoms with van der Waals surface area (Å²) in [7, 11) is 1.97. The molecule has 2 saturated heterocycles. The van der Waals surface area contributed by atoms with Gasteiger partial charge >= 0.3 is 6.03 Å². The van der Waals surface area contributed by atoms with E-state index in [4.69, 9.17) is 0 Å². The molecular weight excluding hydrogens is 238 g/mol. The molecule has 0 aromatic rings. The van der Waals surface area contributed by atoms with E-state index >= 15 is 0 Å². The molecule has 2 amide bonds. The van der Waals surface area contributed by atoms with Crippen molar-refractivity contribution < 1.29 is 4.79 Å². The molecule has 2 rings (SSSR count). The summed E-state index contributed by atoms with van der Waals surface area (Å²) in [5, 5.41) is 0. The van der Waals surface area contributed by atoms with E-state index < -0.39 is 0 Å². The van der Waals surface area contributed by atoms with Gasteiger partial charge in [0.15, 0.2) is 0 Å². The number of likely N-dealkylation sites (tertiary alicyclic amines) is 2. The van der Waals surface area contributed by atoms with Crippen LogP contribution in [0, 0.1) is 5.92 Å². The van der Waals surface area contributed by atoms with Crippen molar-refractivity contribution in [3.05, 3.63) is 0 Å². The zero-order chi connectivity index (χ0) is 13.8. The molecule has 2 heterocycles. The van der Waals surface area contributed by atoms with Gasteiger partial charge in [0.2, 0.25) is 0 Å². The Morgan fingerprint density at radius 1 is 1.26 bits per heavy atom. The van der Waals surface area contributed by atoms with Crippen LogP contribution in [0.3, 0.4) is 0 Å². The van der Waals surface area contributed by atoms with Gasteiger partial charge in [0, 0.05) is 32.7 Å². The van der Waals surface area contributed by atoms with Crippen LogP contribution in [-0.2, 0) is 0 Å². The zero-order valence-electron chi connectivity index (χ0n) is 12.8. The van der Waals surface area contributed by atoms with Crippen molar-refractivity contribution in [3.63, 3.8) is 0 Å². The maximum Gasteiger partial charge on any atom is 0.319 e. The summed E-state index contributed by atoms with van der Waals surface area (Å²) in [6.45, 7) is 9.53. The van der Waals surface area contributed by atoms with Crippen molar-refractivity contribution in [1.82, 2.24) is 14.7 Å². The average molecular weight is 267 g/mol. The summed E-state index contributed by atoms with van der Waals surface area (Å²) in [6.07, 6.45) is 4.94. The minimum Gasteiger partial charge on any atom is -0.326 e. The van der Waals surface area contributed by atoms with Gasteiger partial charge in [-0.2, -0.15) is 0 Å². The molecule has 0 saturated carbocycles. The average Bonchev–Trinajstić information content (AvgIpc) is 2.85. The predicted molar refractivity (Wildman–Crippen MR) is 78.3 cm³/mol. The molecule has 2 aliphatic rings. The standard InChI is InChI=1S/C15H29N3O/c1-4-17-9-6-8-14(17)12-16(3)15(19)18-10-5-7-13(2)11-18/h13-14H,4-12H2,1-3H3. The van der Waals surface area contributed by atoms with Crippen LogP contribution in [0.15, 0.2) is 0 Å². The summed E-state index contributed by atoms with van der Waals surface area (Å²) in [5.41, 5.74) is 0. The molecule has 2 fully saturated rings. The number of carbonyl (C=O) groups excluding carboxylic acids is 1. The number of urea groups is 1. The van der Waals surface area contributed by atoms with E-state index in [9.17, 15) is 4.79 Å². The second-order valence-corrected chi connectivity index (χ2v) is 6.28. The van der Waals surface area contributed by atoms with E-state index in [-0.39, 0.29) is 6.03 Å². The molecule has 2 atom stereocenters. The van der Waals surface area contributed by atoms with Crippen LogP contribution in [-0.4, -0.2) is 66.5 Å². The zero-order valence-corrected chi connectivity index (χ0v) is 12.8. The first-order valence-electron chi connectivity index (χ1n) is 7.86. The molecular formula is C15H29N3O. The second-order valence-electron chi connectivity index (χ2n) is 6.28. The molecule has 2 unspecified atom stereocenters. The molecule has 0 spiro atoms. The number of likely N-dealkylation sites (N-methyl/N-ethyl adjacent to an activating group) is 2. The lowest BCUT2D eigenvalue weighted by atomic mass is 10.0. The third-order valence-corrected chi connectivity index (χ3v) is 4.64. The Morgan fingerprint density at radius 2 is 2.00 bits per heavy atom. The summed E-state index contributed by atoms with van der Waals surface area (Å²) in [5.74, 6) is 0.657. The fourth-order valence-electron chi connectivity index (χ4n) is 3.52. The van der Waals surface area contributed by atoms with Crippen LogP contribution in [0.25, 0.3) is 0 Å². The Labute approximate surface area is 117 Å². The number of piperidine rings is 1. The van der Waals surface area contributed by atoms with Crippen LogP contribution < -0.4 is 0 Å². The molecule has 4 nitrogen and oxygen atoms in total. The van der Waals surface area contributed by atoms with Crippen molar-refractivity contribution in [2.24, 2.45) is 5.92 Å². The minimum absolute atomic E-state index is 0.231. The third-order valence-electron chi connectivity index (χ3n) is 4.64. The van der Waals surface area contributed by atoms with Gasteiger partial charge in [0.25, 0.3) is 0 Å². The lowest BCUT2D eigenvalue weighted by molar-refractivity contribution is 0.127. The van der Waals surface area contributed by atoms with Crippen LogP contribution >= 0.6 is 0 Å². The van der Waals surface area contributed by atoms with E-state index in [1.165, 1.54) is 25.8 Å². The van der Waals surface area contributed by atoms with Crippen LogP contribution in [0.4, 0.5) is 4.79 Å². The van der Waals surface area contributed by atoms with Crippen LogP contribution in [0.1, 0.15) is 39.5 Å². The smallest absolute Gasteiger partial charge is 0.319 e. The van der Waals surface area contributed by atoms with Crippen molar-refractivity contribution in [2.75, 3.05) is 39.8 Å². The summed E-state index contributed by atoms with van der Waals surface area (Å²) >= 11 is 0. The van der Waals surface area contributed by atoms with Crippen molar-refractivity contribution in [2.45, 2.75) is 45.6 Å². The minimum atomic E-state index is 0.231. The van der Waals surface area contributed by atoms with E-state index in [0.29, 0.717) is 12.0 Å². The van der Waals surface area contributed by atoms with Gasteiger partial charge in [0.1, 0.15) is 0 Å². The van der Waals surface area contributed by atoms with Gasteiger partial charge in [-0.15, -0.1) is 0 Å². The van der Waals surface area contributed by atoms with E-state index in [0.717, 1.165) is 32.6 Å². The van der Waals surface area contributed by atoms with Gasteiger partial charge in [-0.3, -0.25) is 4.90 Å². The van der Waals surface area contributed by atoms with E-state index in [2.05, 4.69) is 18.7 Å². The molecule has 0 aromatic carbocycles. The summed E-state index contributed by atoms with van der Waals surface area (Å²) in [6, 6.07) is 0.802. The summed E-state index contributed by atoms with van der Waals surface area (Å²) < 4.78 is 0. The lowest BCUT2D eigenvalue weighted by Crippen LogP contribution is -2.49. The van der Waals surface area contributed by atoms with E-state index in [1.54, 1.807) is 0 Å². The molecule has 0 bridgehead atoms. The topological polar surface area (TPSA) is 26.8 Å². The number of rotatable bonds is 3. The third kappa shape index (κ3) is 3.62. The predicted octanol–water partition coefficient (Wildman–Crippen LogP) is 2.25. The SMILES string of the molecule is CCN1CCCC1CN(C)C(=O)N1CCCC(C)C1. The monoisotopic (exact) mass is 267 g/mol. The Bertz CT molecular complexity index is 308. The Balaban J connectivity index is 1.84. The number of nitrogens with zero attached hydrogens (tertiary/aromatic N) is 3. The highest BCUT2D eigenvalue weighted by Crippen LogP contribution is 2.20. The first kappa shape index (κ1) is 14.6. The lowest BCUT2D eigenvalue weighted by Gasteiger charge is -2.35. The normalized spacial score (nSPS) is 28.7. The van der Waals surface area contributed by atoms with Crippen molar-refractivity contribution >= 4 is 6.03 Å². The molecule has 19 heavy (non-hydrogen) atoms. The molecule has 0 aliphatic carbocycles. The maximum absolute atomic E-state index is 12.5. The Kier molecular flexibility index (Phi) is 5.08. The molecule has 2 aliphatic heterocycles. The van der Waals surface area contributed by atoms with E-state index in [1.807, 2.05) is 16.8 Å². The van der Waals surface area contributed by atoms with Crippen molar-refractivity contribution in [1.29, 1.82) is 0 Å². The highest BCUT2D eigenvalue weighted by atomic mass is 16.2. The number of hydrogen-bond acceptors (Lipinski definition) is 2. The summed E-state index contributed by atoms with van der Waals surface area (Å²) in [4.78, 5) is 18.9. The van der Waals surface area contributed by atoms with Gasteiger partial charge < -0.3 is 9.80 Å². The van der Waals surface area contributed by atoms with Gasteiger partial charge in [-0.05, 0) is 44.7 Å². The molecule has 4 heteroatoms. The second kappa shape index (κ2) is 6.60. The first-order chi connectivity index (χ1) is 9.11. The molecule has 110 valence electrons. The quantitative estimate of drug-likeness (QED) is 0.784. The fourth-order valence-corrected chi connectivity index (χ4v) is 3.52. The number of carbonyl (C=O) groups is 1. The molecule has 0 radical (unpaired) electrons. The Morgan fingerprint density at radius 3 is 2.68 bits per heavy atom. The number of amides is 2. The van der Waals surface area contributed by atoms with Gasteiger partial charge in [-0.25, -0.2) is 4.79 Å². The first-order valence-corrected chi connectivity index (χ1v) is 7.86. The van der Waals surface area contributed by atoms with Gasteiger partial charge in [0.05, 0.1) is 0 Å². The number of hydrogen-bond donors (Lipinski definition) is 0. The van der Waals surface area contributed by atoms with Gasteiger partial charge in [-0.1, -0.05) is 13.8 Å². The largest absolute Gasteiger partial charge is 0.326 e.